The first-order chi connectivity index (χ1) is 13.2. The first-order valence-corrected chi connectivity index (χ1v) is 9.10. The summed E-state index contributed by atoms with van der Waals surface area (Å²) in [5, 5.41) is 3.09. The second kappa shape index (κ2) is 7.69. The number of para-hydroxylation sites is 1. The van der Waals surface area contributed by atoms with Crippen molar-refractivity contribution in [1.82, 2.24) is 20.2 Å². The molecule has 2 aliphatic rings. The highest BCUT2D eigenvalue weighted by molar-refractivity contribution is 5.75. The molecule has 2 aliphatic heterocycles. The number of nitrogens with zero attached hydrogens (tertiary/aromatic N) is 4. The molecule has 0 unspecified atom stereocenters. The van der Waals surface area contributed by atoms with Crippen LogP contribution in [0.25, 0.3) is 0 Å². The minimum Gasteiger partial charge on any atom is -0.493 e. The topological polar surface area (TPSA) is 79.8 Å². The highest BCUT2D eigenvalue weighted by Crippen LogP contribution is 2.34. The van der Waals surface area contributed by atoms with Gasteiger partial charge < -0.3 is 24.6 Å². The Morgan fingerprint density at radius 2 is 1.96 bits per heavy atom. The van der Waals surface area contributed by atoms with E-state index in [1.165, 1.54) is 0 Å². The number of aromatic nitrogens is 2. The zero-order valence-electron chi connectivity index (χ0n) is 15.3. The highest BCUT2D eigenvalue weighted by Gasteiger charge is 2.27. The van der Waals surface area contributed by atoms with E-state index in [9.17, 15) is 4.79 Å². The number of ether oxygens (including phenoxy) is 2. The van der Waals surface area contributed by atoms with Crippen molar-refractivity contribution in [2.45, 2.75) is 12.5 Å². The van der Waals surface area contributed by atoms with Crippen LogP contribution in [0.5, 0.6) is 11.5 Å². The molecular weight excluding hydrogens is 346 g/mol. The van der Waals surface area contributed by atoms with E-state index >= 15 is 0 Å². The molecule has 4 rings (SSSR count). The van der Waals surface area contributed by atoms with Crippen LogP contribution in [0, 0.1) is 0 Å². The molecule has 1 aromatic carbocycles. The smallest absolute Gasteiger partial charge is 0.317 e. The second-order valence-electron chi connectivity index (χ2n) is 6.63. The average Bonchev–Trinajstić information content (AvgIpc) is 2.74. The van der Waals surface area contributed by atoms with Gasteiger partial charge in [0.05, 0.1) is 13.2 Å². The fourth-order valence-electron chi connectivity index (χ4n) is 3.48. The van der Waals surface area contributed by atoms with E-state index in [4.69, 9.17) is 9.47 Å². The number of piperazine rings is 1. The molecule has 1 N–H and O–H groups in total. The van der Waals surface area contributed by atoms with Crippen molar-refractivity contribution in [2.75, 3.05) is 44.8 Å². The molecule has 1 aromatic heterocycles. The van der Waals surface area contributed by atoms with Gasteiger partial charge in [-0.25, -0.2) is 14.8 Å². The normalized spacial score (nSPS) is 19.1. The molecule has 0 spiro atoms. The Labute approximate surface area is 158 Å². The predicted molar refractivity (Wildman–Crippen MR) is 100 cm³/mol. The molecular formula is C19H23N5O3. The van der Waals surface area contributed by atoms with Crippen LogP contribution in [0.4, 0.5) is 10.7 Å². The number of hydrogen-bond acceptors (Lipinski definition) is 6. The van der Waals surface area contributed by atoms with Gasteiger partial charge in [-0.2, -0.15) is 0 Å². The average molecular weight is 369 g/mol. The predicted octanol–water partition coefficient (Wildman–Crippen LogP) is 1.32. The van der Waals surface area contributed by atoms with Crippen LogP contribution in [0.1, 0.15) is 5.56 Å². The third kappa shape index (κ3) is 3.74. The maximum atomic E-state index is 12.6. The van der Waals surface area contributed by atoms with Gasteiger partial charge in [-0.3, -0.25) is 0 Å². The lowest BCUT2D eigenvalue weighted by Gasteiger charge is -2.36. The molecule has 1 atom stereocenters. The van der Waals surface area contributed by atoms with Crippen molar-refractivity contribution >= 4 is 12.0 Å². The lowest BCUT2D eigenvalue weighted by molar-refractivity contribution is 0.176. The summed E-state index contributed by atoms with van der Waals surface area (Å²) < 4.78 is 11.2. The van der Waals surface area contributed by atoms with Crippen LogP contribution in [0.15, 0.2) is 36.7 Å². The first kappa shape index (κ1) is 17.4. The molecule has 0 saturated carbocycles. The van der Waals surface area contributed by atoms with Gasteiger partial charge in [0.25, 0.3) is 0 Å². The number of rotatable bonds is 3. The van der Waals surface area contributed by atoms with Crippen molar-refractivity contribution in [3.63, 3.8) is 0 Å². The summed E-state index contributed by atoms with van der Waals surface area (Å²) in [7, 11) is 1.63. The van der Waals surface area contributed by atoms with E-state index in [2.05, 4.69) is 20.2 Å². The summed E-state index contributed by atoms with van der Waals surface area (Å²) in [5.41, 5.74) is 1.05. The summed E-state index contributed by atoms with van der Waals surface area (Å²) in [5.74, 6) is 2.22. The van der Waals surface area contributed by atoms with E-state index in [1.54, 1.807) is 25.6 Å². The molecule has 2 amide bonds. The molecule has 8 nitrogen and oxygen atoms in total. The largest absolute Gasteiger partial charge is 0.493 e. The van der Waals surface area contributed by atoms with E-state index in [1.807, 2.05) is 23.1 Å². The number of carbonyl (C=O) groups is 1. The quantitative estimate of drug-likeness (QED) is 0.879. The Kier molecular flexibility index (Phi) is 4.95. The van der Waals surface area contributed by atoms with Crippen LogP contribution in [-0.2, 0) is 6.42 Å². The number of nitrogens with one attached hydrogen (secondary N) is 1. The number of hydrogen-bond donors (Lipinski definition) is 1. The van der Waals surface area contributed by atoms with Crippen LogP contribution in [0.2, 0.25) is 0 Å². The van der Waals surface area contributed by atoms with E-state index in [0.717, 1.165) is 36.6 Å². The Morgan fingerprint density at radius 3 is 2.70 bits per heavy atom. The number of carbonyl (C=O) groups excluding carboxylic acids is 1. The summed E-state index contributed by atoms with van der Waals surface area (Å²) in [6, 6.07) is 7.53. The molecule has 1 fully saturated rings. The van der Waals surface area contributed by atoms with Crippen molar-refractivity contribution in [1.29, 1.82) is 0 Å². The highest BCUT2D eigenvalue weighted by atomic mass is 16.5. The first-order valence-electron chi connectivity index (χ1n) is 9.10. The fourth-order valence-corrected chi connectivity index (χ4v) is 3.48. The van der Waals surface area contributed by atoms with Gasteiger partial charge in [0.15, 0.2) is 11.5 Å². The van der Waals surface area contributed by atoms with E-state index in [0.29, 0.717) is 25.6 Å². The summed E-state index contributed by atoms with van der Waals surface area (Å²) in [6.07, 6.45) is 4.20. The molecule has 8 heteroatoms. The standard InChI is InChI=1S/C19H23N5O3/c1-26-16-5-2-4-14-12-15(13-27-17(14)16)22-19(25)24-10-8-23(9-11-24)18-20-6-3-7-21-18/h2-7,15H,8-13H2,1H3,(H,22,25)/t15-/m1/s1. The summed E-state index contributed by atoms with van der Waals surface area (Å²) in [4.78, 5) is 25.1. The number of urea groups is 1. The minimum absolute atomic E-state index is 0.0485. The zero-order valence-corrected chi connectivity index (χ0v) is 15.3. The SMILES string of the molecule is COc1cccc2c1OC[C@H](NC(=O)N1CCN(c3ncccn3)CC1)C2. The molecule has 0 radical (unpaired) electrons. The third-order valence-electron chi connectivity index (χ3n) is 4.91. The van der Waals surface area contributed by atoms with Gasteiger partial charge in [-0.05, 0) is 18.6 Å². The Hall–Kier alpha value is -3.03. The van der Waals surface area contributed by atoms with Crippen molar-refractivity contribution in [3.8, 4) is 11.5 Å². The van der Waals surface area contributed by atoms with Gasteiger partial charge in [0, 0.05) is 44.1 Å². The Bertz CT molecular complexity index is 793. The molecule has 0 aliphatic carbocycles. The molecule has 3 heterocycles. The number of anilines is 1. The summed E-state index contributed by atoms with van der Waals surface area (Å²) >= 11 is 0. The number of amides is 2. The van der Waals surface area contributed by atoms with Crippen LogP contribution < -0.4 is 19.7 Å². The van der Waals surface area contributed by atoms with Crippen LogP contribution >= 0.6 is 0 Å². The zero-order chi connectivity index (χ0) is 18.6. The number of methoxy groups -OCH3 is 1. The fraction of sp³-hybridized carbons (Fsp3) is 0.421. The van der Waals surface area contributed by atoms with Crippen molar-refractivity contribution in [2.24, 2.45) is 0 Å². The van der Waals surface area contributed by atoms with Gasteiger partial charge in [0.1, 0.15) is 6.61 Å². The molecule has 1 saturated heterocycles. The second-order valence-corrected chi connectivity index (χ2v) is 6.63. The van der Waals surface area contributed by atoms with Crippen molar-refractivity contribution < 1.29 is 14.3 Å². The maximum absolute atomic E-state index is 12.6. The van der Waals surface area contributed by atoms with Gasteiger partial charge >= 0.3 is 6.03 Å². The van der Waals surface area contributed by atoms with Crippen LogP contribution in [0.3, 0.4) is 0 Å². The van der Waals surface area contributed by atoms with Gasteiger partial charge in [0.2, 0.25) is 5.95 Å². The lowest BCUT2D eigenvalue weighted by Crippen LogP contribution is -2.55. The molecule has 2 aromatic rings. The van der Waals surface area contributed by atoms with E-state index < -0.39 is 0 Å². The lowest BCUT2D eigenvalue weighted by atomic mass is 10.0. The molecule has 27 heavy (non-hydrogen) atoms. The third-order valence-corrected chi connectivity index (χ3v) is 4.91. The van der Waals surface area contributed by atoms with Crippen LogP contribution in [-0.4, -0.2) is 66.8 Å². The van der Waals surface area contributed by atoms with Gasteiger partial charge in [-0.15, -0.1) is 0 Å². The molecule has 142 valence electrons. The van der Waals surface area contributed by atoms with Crippen molar-refractivity contribution in [3.05, 3.63) is 42.2 Å². The monoisotopic (exact) mass is 369 g/mol. The molecule has 0 bridgehead atoms. The maximum Gasteiger partial charge on any atom is 0.317 e. The van der Waals surface area contributed by atoms with Gasteiger partial charge in [-0.1, -0.05) is 12.1 Å². The summed E-state index contributed by atoms with van der Waals surface area (Å²) in [6.45, 7) is 3.17. The Morgan fingerprint density at radius 1 is 1.19 bits per heavy atom. The number of fused-ring (bicyclic) bond motifs is 1. The van der Waals surface area contributed by atoms with E-state index in [-0.39, 0.29) is 12.1 Å². The number of benzene rings is 1. The minimum atomic E-state index is -0.0522. The Balaban J connectivity index is 1.31.